The third-order valence-corrected chi connectivity index (χ3v) is 1.95. The lowest BCUT2D eigenvalue weighted by Gasteiger charge is -1.99. The number of hydrogen-bond acceptors (Lipinski definition) is 1. The summed E-state index contributed by atoms with van der Waals surface area (Å²) in [5, 5.41) is 0. The Bertz CT molecular complexity index is 61.8. The largest absolute Gasteiger partial charge is 0.332 e. The second kappa shape index (κ2) is 7.37. The molecule has 0 aliphatic carbocycles. The van der Waals surface area contributed by atoms with Crippen molar-refractivity contribution in [2.75, 3.05) is 12.5 Å². The van der Waals surface area contributed by atoms with Gasteiger partial charge < -0.3 is 4.52 Å². The Labute approximate surface area is 71.0 Å². The van der Waals surface area contributed by atoms with Gasteiger partial charge in [0.1, 0.15) is 0 Å². The second-order valence-corrected chi connectivity index (χ2v) is 4.83. The van der Waals surface area contributed by atoms with Gasteiger partial charge in [-0.25, -0.2) is 0 Å². The molecule has 0 aliphatic rings. The minimum atomic E-state index is -1.22. The fraction of sp³-hybridized carbons (Fsp3) is 1.00. The minimum Gasteiger partial charge on any atom is -0.332 e. The quantitative estimate of drug-likeness (QED) is 0.381. The topological polar surface area (TPSA) is 9.23 Å². The summed E-state index contributed by atoms with van der Waals surface area (Å²) in [5.41, 5.74) is 0. The van der Waals surface area contributed by atoms with E-state index in [-0.39, 0.29) is 0 Å². The van der Waals surface area contributed by atoms with Gasteiger partial charge in [0.2, 0.25) is 6.85 Å². The summed E-state index contributed by atoms with van der Waals surface area (Å²) in [5.74, 6) is 0.672. The van der Waals surface area contributed by atoms with Crippen LogP contribution in [0.5, 0.6) is 0 Å². The highest BCUT2D eigenvalue weighted by molar-refractivity contribution is 8.00. The van der Waals surface area contributed by atoms with E-state index in [4.69, 9.17) is 38.6 Å². The van der Waals surface area contributed by atoms with Crippen LogP contribution in [-0.2, 0) is 4.52 Å². The van der Waals surface area contributed by atoms with Crippen LogP contribution in [0.3, 0.4) is 0 Å². The van der Waals surface area contributed by atoms with Crippen LogP contribution in [0.25, 0.3) is 0 Å². The first-order chi connectivity index (χ1) is 4.27. The van der Waals surface area contributed by atoms with Crippen molar-refractivity contribution in [1.82, 2.24) is 0 Å². The van der Waals surface area contributed by atoms with Gasteiger partial charge in [0.25, 0.3) is 0 Å². The molecular weight excluding hydrogens is 201 g/mol. The molecule has 9 heavy (non-hydrogen) atoms. The summed E-state index contributed by atoms with van der Waals surface area (Å²) in [6.45, 7) is -0.599. The van der Waals surface area contributed by atoms with Gasteiger partial charge in [0.15, 0.2) is 0 Å². The van der Waals surface area contributed by atoms with E-state index in [0.717, 1.165) is 12.8 Å². The monoisotopic (exact) mass is 208 g/mol. The van der Waals surface area contributed by atoms with E-state index in [1.165, 1.54) is 0 Å². The maximum absolute atomic E-state index is 5.40. The number of unbranched alkanes of at least 4 members (excludes halogenated alkanes) is 1. The zero-order chi connectivity index (χ0) is 7.11. The van der Waals surface area contributed by atoms with Gasteiger partial charge in [-0.3, -0.25) is 0 Å². The maximum Gasteiger partial charge on any atom is 0.225 e. The van der Waals surface area contributed by atoms with Crippen molar-refractivity contribution in [1.29, 1.82) is 0 Å². The van der Waals surface area contributed by atoms with Crippen molar-refractivity contribution in [2.24, 2.45) is 0 Å². The standard InChI is InChI=1S/C4H8Cl3OP/c5-3-1-2-4-8-9(6)7/h1-4H2. The van der Waals surface area contributed by atoms with E-state index in [9.17, 15) is 0 Å². The highest BCUT2D eigenvalue weighted by Crippen LogP contribution is 2.47. The normalized spacial score (nSPS) is 10.7. The fourth-order valence-corrected chi connectivity index (χ4v) is 1.20. The third-order valence-electron chi connectivity index (χ3n) is 0.717. The summed E-state index contributed by atoms with van der Waals surface area (Å²) >= 11 is 16.1. The van der Waals surface area contributed by atoms with Gasteiger partial charge in [0.05, 0.1) is 6.61 Å². The molecular formula is C4H8Cl3OP. The van der Waals surface area contributed by atoms with E-state index in [2.05, 4.69) is 0 Å². The molecule has 0 saturated heterocycles. The molecule has 0 rings (SSSR count). The molecule has 5 heteroatoms. The Morgan fingerprint density at radius 2 is 1.89 bits per heavy atom. The van der Waals surface area contributed by atoms with Crippen LogP contribution in [0, 0.1) is 0 Å². The predicted molar refractivity (Wildman–Crippen MR) is 44.5 cm³/mol. The molecule has 0 aromatic rings. The summed E-state index contributed by atoms with van der Waals surface area (Å²) in [7, 11) is 0. The Hall–Kier alpha value is 1.26. The molecule has 56 valence electrons. The van der Waals surface area contributed by atoms with Gasteiger partial charge in [-0.2, -0.15) is 0 Å². The van der Waals surface area contributed by atoms with E-state index in [1.54, 1.807) is 0 Å². The van der Waals surface area contributed by atoms with Gasteiger partial charge in [-0.1, -0.05) is 0 Å². The van der Waals surface area contributed by atoms with Gasteiger partial charge in [-0.05, 0) is 35.3 Å². The lowest BCUT2D eigenvalue weighted by Crippen LogP contribution is -1.85. The minimum absolute atomic E-state index is 0.616. The van der Waals surface area contributed by atoms with Gasteiger partial charge in [-0.15, -0.1) is 11.6 Å². The van der Waals surface area contributed by atoms with E-state index in [1.807, 2.05) is 0 Å². The lowest BCUT2D eigenvalue weighted by molar-refractivity contribution is 0.355. The van der Waals surface area contributed by atoms with Crippen molar-refractivity contribution < 1.29 is 4.52 Å². The number of alkyl halides is 1. The lowest BCUT2D eigenvalue weighted by atomic mass is 10.4. The summed E-state index contributed by atoms with van der Waals surface area (Å²) in [6.07, 6.45) is 1.89. The predicted octanol–water partition coefficient (Wildman–Crippen LogP) is 3.73. The summed E-state index contributed by atoms with van der Waals surface area (Å²) in [6, 6.07) is 0. The van der Waals surface area contributed by atoms with Crippen LogP contribution < -0.4 is 0 Å². The highest BCUT2D eigenvalue weighted by atomic mass is 35.9. The zero-order valence-electron chi connectivity index (χ0n) is 4.82. The molecule has 0 saturated carbocycles. The molecule has 1 nitrogen and oxygen atoms in total. The molecule has 0 N–H and O–H groups in total. The first-order valence-corrected chi connectivity index (χ1v) is 6.18. The van der Waals surface area contributed by atoms with Gasteiger partial charge >= 0.3 is 0 Å². The Morgan fingerprint density at radius 1 is 1.22 bits per heavy atom. The summed E-state index contributed by atoms with van der Waals surface area (Å²) in [4.78, 5) is 0. The number of hydrogen-bond donors (Lipinski definition) is 0. The molecule has 0 spiro atoms. The molecule has 0 aromatic carbocycles. The smallest absolute Gasteiger partial charge is 0.225 e. The molecule has 0 aliphatic heterocycles. The summed E-state index contributed by atoms with van der Waals surface area (Å²) < 4.78 is 4.88. The zero-order valence-corrected chi connectivity index (χ0v) is 7.98. The van der Waals surface area contributed by atoms with Crippen molar-refractivity contribution >= 4 is 40.9 Å². The van der Waals surface area contributed by atoms with Crippen LogP contribution in [0.4, 0.5) is 0 Å². The fourth-order valence-electron chi connectivity index (χ4n) is 0.330. The van der Waals surface area contributed by atoms with Crippen LogP contribution in [-0.4, -0.2) is 12.5 Å². The third kappa shape index (κ3) is 9.26. The number of rotatable bonds is 5. The Balaban J connectivity index is 2.75. The molecule has 0 radical (unpaired) electrons. The Kier molecular flexibility index (Phi) is 8.40. The SMILES string of the molecule is ClCCCCOP(Cl)Cl. The molecule has 0 heterocycles. The number of halogens is 3. The average molecular weight is 209 g/mol. The first-order valence-electron chi connectivity index (χ1n) is 2.58. The van der Waals surface area contributed by atoms with Crippen LogP contribution in [0.1, 0.15) is 12.8 Å². The Morgan fingerprint density at radius 3 is 2.33 bits per heavy atom. The van der Waals surface area contributed by atoms with Crippen LogP contribution in [0.2, 0.25) is 0 Å². The molecule has 0 amide bonds. The van der Waals surface area contributed by atoms with Crippen molar-refractivity contribution in [3.8, 4) is 0 Å². The van der Waals surface area contributed by atoms with E-state index in [0.29, 0.717) is 12.5 Å². The van der Waals surface area contributed by atoms with Crippen molar-refractivity contribution in [3.05, 3.63) is 0 Å². The molecule has 0 aromatic heterocycles. The molecule has 0 bridgehead atoms. The first kappa shape index (κ1) is 10.3. The second-order valence-electron chi connectivity index (χ2n) is 1.43. The van der Waals surface area contributed by atoms with E-state index >= 15 is 0 Å². The molecule has 0 unspecified atom stereocenters. The average Bonchev–Trinajstić information content (AvgIpc) is 1.80. The van der Waals surface area contributed by atoms with Crippen molar-refractivity contribution in [3.63, 3.8) is 0 Å². The highest BCUT2D eigenvalue weighted by Gasteiger charge is 1.96. The molecule has 0 fully saturated rings. The molecule has 0 atom stereocenters. The maximum atomic E-state index is 5.40. The van der Waals surface area contributed by atoms with Crippen molar-refractivity contribution in [2.45, 2.75) is 12.8 Å². The van der Waals surface area contributed by atoms with Crippen LogP contribution in [0.15, 0.2) is 0 Å². The van der Waals surface area contributed by atoms with E-state index < -0.39 is 6.85 Å². The van der Waals surface area contributed by atoms with Crippen LogP contribution >= 0.6 is 40.9 Å². The van der Waals surface area contributed by atoms with Gasteiger partial charge in [0, 0.05) is 5.88 Å².